The van der Waals surface area contributed by atoms with E-state index in [1.54, 1.807) is 21.0 Å². The van der Waals surface area contributed by atoms with E-state index in [0.717, 1.165) is 19.3 Å². The normalized spacial score (nSPS) is 41.8. The van der Waals surface area contributed by atoms with Gasteiger partial charge in [0.15, 0.2) is 0 Å². The zero-order valence-corrected chi connectivity index (χ0v) is 20.9. The van der Waals surface area contributed by atoms with Crippen molar-refractivity contribution < 1.29 is 33.6 Å². The molecule has 2 saturated carbocycles. The van der Waals surface area contributed by atoms with Crippen LogP contribution in [0.4, 0.5) is 0 Å². The number of carbonyl (C=O) groups excluding carboxylic acids is 1. The molecule has 0 radical (unpaired) electrons. The molecule has 2 aliphatic heterocycles. The molecule has 33 heavy (non-hydrogen) atoms. The Hall–Kier alpha value is -1.44. The number of epoxide rings is 2. The summed E-state index contributed by atoms with van der Waals surface area (Å²) in [5.41, 5.74) is -0.0767. The molecule has 0 amide bonds. The van der Waals surface area contributed by atoms with Gasteiger partial charge in [0.1, 0.15) is 23.4 Å². The minimum absolute atomic E-state index is 0.0163. The number of rotatable bonds is 9. The molecule has 1 spiro atoms. The average molecular weight is 465 g/mol. The summed E-state index contributed by atoms with van der Waals surface area (Å²) in [4.78, 5) is 24.3. The minimum Gasteiger partial charge on any atom is -0.481 e. The van der Waals surface area contributed by atoms with Crippen molar-refractivity contribution in [3.63, 3.8) is 0 Å². The molecule has 1 N–H and O–H groups in total. The van der Waals surface area contributed by atoms with Gasteiger partial charge in [-0.1, -0.05) is 11.6 Å². The third kappa shape index (κ3) is 4.73. The molecule has 2 aliphatic carbocycles. The van der Waals surface area contributed by atoms with Gasteiger partial charge in [0.25, 0.3) is 0 Å². The monoisotopic (exact) mass is 464 g/mol. The van der Waals surface area contributed by atoms with Crippen molar-refractivity contribution in [2.75, 3.05) is 13.7 Å². The highest BCUT2D eigenvalue weighted by atomic mass is 16.6. The summed E-state index contributed by atoms with van der Waals surface area (Å²) in [5.74, 6) is -0.853. The van der Waals surface area contributed by atoms with Crippen LogP contribution in [0.1, 0.15) is 73.1 Å². The van der Waals surface area contributed by atoms with Crippen LogP contribution in [0.25, 0.3) is 0 Å². The first-order chi connectivity index (χ1) is 15.4. The maximum absolute atomic E-state index is 12.9. The standard InChI is InChI=1S/C26H40O7/c1-15(2)7-8-19-25(5,33-19)21-20(30-6)18(9-10-26(21)14-31-26)32-22(27)17-11-16(12-17)13-24(3,4)23(28)29/h7,16-21H,8-14H2,1-6H3,(H,28,29)/t16?,17?,18-,19?,20-,21-,25?,26+/m1/s1. The molecule has 186 valence electrons. The second-order valence-corrected chi connectivity index (χ2v) is 11.8. The van der Waals surface area contributed by atoms with E-state index in [4.69, 9.17) is 18.9 Å². The van der Waals surface area contributed by atoms with Crippen LogP contribution in [0.3, 0.4) is 0 Å². The van der Waals surface area contributed by atoms with Gasteiger partial charge in [-0.2, -0.15) is 0 Å². The summed E-state index contributed by atoms with van der Waals surface area (Å²) in [6.45, 7) is 10.5. The lowest BCUT2D eigenvalue weighted by Gasteiger charge is -2.44. The number of carbonyl (C=O) groups is 2. The van der Waals surface area contributed by atoms with Crippen LogP contribution in [0, 0.1) is 23.2 Å². The lowest BCUT2D eigenvalue weighted by atomic mass is 9.67. The molecule has 7 heteroatoms. The highest BCUT2D eigenvalue weighted by molar-refractivity contribution is 5.75. The van der Waals surface area contributed by atoms with Crippen molar-refractivity contribution in [1.82, 2.24) is 0 Å². The molecule has 2 heterocycles. The Bertz CT molecular complexity index is 803. The van der Waals surface area contributed by atoms with Crippen LogP contribution in [0.15, 0.2) is 11.6 Å². The van der Waals surface area contributed by atoms with E-state index in [9.17, 15) is 14.7 Å². The topological polar surface area (TPSA) is 97.9 Å². The van der Waals surface area contributed by atoms with Crippen LogP contribution >= 0.6 is 0 Å². The van der Waals surface area contributed by atoms with Crippen molar-refractivity contribution in [3.05, 3.63) is 11.6 Å². The summed E-state index contributed by atoms with van der Waals surface area (Å²) in [6.07, 6.45) is 6.14. The molecular weight excluding hydrogens is 424 g/mol. The molecule has 4 rings (SSSR count). The molecule has 2 unspecified atom stereocenters. The van der Waals surface area contributed by atoms with Crippen molar-refractivity contribution >= 4 is 11.9 Å². The van der Waals surface area contributed by atoms with Crippen LogP contribution in [-0.2, 0) is 28.5 Å². The Balaban J connectivity index is 1.37. The van der Waals surface area contributed by atoms with Gasteiger partial charge in [-0.25, -0.2) is 0 Å². The quantitative estimate of drug-likeness (QED) is 0.311. The number of ether oxygens (including phenoxy) is 4. The molecule has 2 saturated heterocycles. The predicted octanol–water partition coefficient (Wildman–Crippen LogP) is 4.13. The van der Waals surface area contributed by atoms with Crippen LogP contribution in [0.5, 0.6) is 0 Å². The number of hydrogen-bond acceptors (Lipinski definition) is 6. The Kier molecular flexibility index (Phi) is 6.47. The first-order valence-electron chi connectivity index (χ1n) is 12.3. The molecule has 7 nitrogen and oxygen atoms in total. The maximum Gasteiger partial charge on any atom is 0.309 e. The van der Waals surface area contributed by atoms with Gasteiger partial charge < -0.3 is 24.1 Å². The van der Waals surface area contributed by atoms with E-state index >= 15 is 0 Å². The summed E-state index contributed by atoms with van der Waals surface area (Å²) < 4.78 is 24.2. The largest absolute Gasteiger partial charge is 0.481 e. The van der Waals surface area contributed by atoms with Gasteiger partial charge in [-0.05, 0) is 79.1 Å². The second kappa shape index (κ2) is 8.65. The number of aliphatic carboxylic acids is 1. The molecule has 0 bridgehead atoms. The van der Waals surface area contributed by atoms with E-state index in [1.807, 2.05) is 0 Å². The number of hydrogen-bond donors (Lipinski definition) is 1. The summed E-state index contributed by atoms with van der Waals surface area (Å²) in [6, 6.07) is 0. The third-order valence-electron chi connectivity index (χ3n) is 8.45. The zero-order valence-electron chi connectivity index (χ0n) is 20.9. The van der Waals surface area contributed by atoms with E-state index in [-0.39, 0.29) is 53.2 Å². The fraction of sp³-hybridized carbons (Fsp3) is 0.846. The van der Waals surface area contributed by atoms with Crippen molar-refractivity contribution in [2.24, 2.45) is 23.2 Å². The fourth-order valence-corrected chi connectivity index (χ4v) is 6.22. The summed E-state index contributed by atoms with van der Waals surface area (Å²) in [5, 5.41) is 9.35. The Morgan fingerprint density at radius 2 is 1.91 bits per heavy atom. The van der Waals surface area contributed by atoms with Gasteiger partial charge in [-0.15, -0.1) is 0 Å². The first kappa shape index (κ1) is 24.7. The molecule has 0 aromatic rings. The molecule has 0 aromatic carbocycles. The number of allylic oxidation sites excluding steroid dienone is 1. The highest BCUT2D eigenvalue weighted by Crippen LogP contribution is 2.59. The lowest BCUT2D eigenvalue weighted by Crippen LogP contribution is -2.56. The van der Waals surface area contributed by atoms with Gasteiger partial charge in [0.2, 0.25) is 0 Å². The summed E-state index contributed by atoms with van der Waals surface area (Å²) in [7, 11) is 1.68. The maximum atomic E-state index is 12.9. The van der Waals surface area contributed by atoms with Crippen LogP contribution < -0.4 is 0 Å². The zero-order chi connectivity index (χ0) is 24.2. The van der Waals surface area contributed by atoms with E-state index in [2.05, 4.69) is 26.8 Å². The summed E-state index contributed by atoms with van der Waals surface area (Å²) >= 11 is 0. The van der Waals surface area contributed by atoms with E-state index in [1.165, 1.54) is 5.57 Å². The molecule has 4 aliphatic rings. The predicted molar refractivity (Wildman–Crippen MR) is 122 cm³/mol. The molecular formula is C26H40O7. The van der Waals surface area contributed by atoms with Gasteiger partial charge in [0, 0.05) is 7.11 Å². The smallest absolute Gasteiger partial charge is 0.309 e. The highest BCUT2D eigenvalue weighted by Gasteiger charge is 2.72. The lowest BCUT2D eigenvalue weighted by molar-refractivity contribution is -0.180. The van der Waals surface area contributed by atoms with E-state index in [0.29, 0.717) is 25.9 Å². The Labute approximate surface area is 197 Å². The molecule has 4 fully saturated rings. The van der Waals surface area contributed by atoms with E-state index < -0.39 is 11.4 Å². The fourth-order valence-electron chi connectivity index (χ4n) is 6.22. The number of carboxylic acids is 1. The van der Waals surface area contributed by atoms with Crippen molar-refractivity contribution in [3.8, 4) is 0 Å². The number of carboxylic acid groups (broad SMARTS) is 1. The van der Waals surface area contributed by atoms with Gasteiger partial charge in [0.05, 0.1) is 30.0 Å². The van der Waals surface area contributed by atoms with Gasteiger partial charge in [-0.3, -0.25) is 9.59 Å². The van der Waals surface area contributed by atoms with Gasteiger partial charge >= 0.3 is 11.9 Å². The minimum atomic E-state index is -0.792. The van der Waals surface area contributed by atoms with Crippen LogP contribution in [0.2, 0.25) is 0 Å². The Morgan fingerprint density at radius 3 is 2.45 bits per heavy atom. The Morgan fingerprint density at radius 1 is 1.24 bits per heavy atom. The molecule has 6 atom stereocenters. The first-order valence-corrected chi connectivity index (χ1v) is 12.3. The third-order valence-corrected chi connectivity index (χ3v) is 8.45. The number of esters is 1. The molecule has 0 aromatic heterocycles. The van der Waals surface area contributed by atoms with Crippen molar-refractivity contribution in [2.45, 2.75) is 103 Å². The van der Waals surface area contributed by atoms with Crippen molar-refractivity contribution in [1.29, 1.82) is 0 Å². The SMILES string of the molecule is CO[C@H]1[C@H](C2(C)OC2CC=C(C)C)[C@]2(CC[C@H]1OC(=O)C1CC(CC(C)(C)C(=O)O)C1)CO2. The number of methoxy groups -OCH3 is 1. The van der Waals surface area contributed by atoms with Crippen LogP contribution in [-0.4, -0.2) is 60.3 Å². The second-order valence-electron chi connectivity index (χ2n) is 11.8. The average Bonchev–Trinajstić information content (AvgIpc) is 3.61.